The molecule has 0 aliphatic heterocycles. The molecule has 42 nitrogen and oxygen atoms in total. The number of carbonyl (C=O) groups is 18. The maximum absolute atomic E-state index is 14.6. The zero-order valence-electron chi connectivity index (χ0n) is 68.7. The van der Waals surface area contributed by atoms with Gasteiger partial charge in [0, 0.05) is 25.7 Å². The van der Waals surface area contributed by atoms with E-state index in [4.69, 9.17) is 43.7 Å². The van der Waals surface area contributed by atoms with E-state index >= 15 is 0 Å². The van der Waals surface area contributed by atoms with E-state index in [0.29, 0.717) is 30.4 Å². The fourth-order valence-electron chi connectivity index (χ4n) is 11.3. The van der Waals surface area contributed by atoms with E-state index in [1.54, 1.807) is 71.9 Å². The van der Waals surface area contributed by atoms with Crippen molar-refractivity contribution >= 4 is 107 Å². The maximum Gasteiger partial charge on any atom is 0.490 e. The van der Waals surface area contributed by atoms with E-state index in [0.717, 1.165) is 6.92 Å². The Hall–Kier alpha value is -11.7. The number of alkyl halides is 3. The van der Waals surface area contributed by atoms with Crippen molar-refractivity contribution in [3.63, 3.8) is 0 Å². The van der Waals surface area contributed by atoms with E-state index in [1.807, 2.05) is 0 Å². The number of hydrogen-bond donors (Lipinski definition) is 24. The number of nitrogens with one attached hydrogen (secondary N) is 13. The summed E-state index contributed by atoms with van der Waals surface area (Å²) in [5.41, 5.74) is 29.3. The second kappa shape index (κ2) is 55.2. The Bertz CT molecular complexity index is 3790. The zero-order chi connectivity index (χ0) is 92.1. The van der Waals surface area contributed by atoms with Crippen LogP contribution in [0.4, 0.5) is 13.2 Å². The number of amides is 15. The third-order valence-corrected chi connectivity index (χ3v) is 19.1. The van der Waals surface area contributed by atoms with Crippen LogP contribution in [0, 0.1) is 17.8 Å². The van der Waals surface area contributed by atoms with Crippen molar-refractivity contribution in [2.24, 2.45) is 46.4 Å². The van der Waals surface area contributed by atoms with Crippen LogP contribution in [0.3, 0.4) is 0 Å². The molecule has 0 aliphatic rings. The normalized spacial score (nSPS) is 15.3. The Morgan fingerprint density at radius 2 is 0.810 bits per heavy atom. The van der Waals surface area contributed by atoms with Gasteiger partial charge in [-0.15, -0.1) is 0 Å². The molecule has 0 bridgehead atoms. The van der Waals surface area contributed by atoms with Crippen molar-refractivity contribution in [2.45, 2.75) is 249 Å². The Labute approximate surface area is 696 Å². The first-order valence-electron chi connectivity index (χ1n) is 39.2. The number of phenolic OH excluding ortho intramolecular Hbond substituents is 1. The minimum absolute atomic E-state index is 0.0598. The standard InChI is InChI=1S/C74H118N18O22.C2HF3O2/c1-9-38(4)58(70(109)80-36-56(98)89-59(39(5)10-2)72(111)92-61(42(8)94)73(112)84-49(74(113)114)28-30-57(99)100)90-68(107)51(33-43-19-13-12-14-20-43)87-65(104)48(22-16-18-32-76)82-69(108)53(37-93)88-66(105)52(35-55(79)97)85-62(101)41(7)81-64(103)47(21-15-17-31-75)83-71(110)60(40(6)11-3)91-67(106)50(34-44-23-25-45(95)26-24-44)86-63(102)46(77)27-29-54(78)96;3-2(4,5)1(6)7/h12-14,19-20,23-26,38-42,46-53,58-61,93-95H,9-11,15-18,21-22,27-37,75-77H2,1-8H3,(H2,78,96)(H2,79,97)(H,80,109)(H,81,103)(H,82,108)(H,83,110)(H,84,112)(H,85,101)(H,86,102)(H,87,104)(H,88,105)(H,89,98)(H,90,107)(H,91,106)(H,92,111)(H,99,100)(H,113,114);(H,6,7)/t38-,39-,40-,41-,42+,46-,47-,48-,49-,50-,51-,52-,53-,58-,59-,60-,61-;/m0./s1. The van der Waals surface area contributed by atoms with Gasteiger partial charge in [0.15, 0.2) is 0 Å². The summed E-state index contributed by atoms with van der Waals surface area (Å²) < 4.78 is 31.7. The van der Waals surface area contributed by atoms with Gasteiger partial charge in [-0.25, -0.2) is 9.59 Å². The molecule has 29 N–H and O–H groups in total. The number of carboxylic acid groups (broad SMARTS) is 3. The second-order valence-electron chi connectivity index (χ2n) is 28.9. The van der Waals surface area contributed by atoms with Gasteiger partial charge in [0.2, 0.25) is 88.6 Å². The number of carboxylic acids is 3. The van der Waals surface area contributed by atoms with Crippen LogP contribution in [0.1, 0.15) is 156 Å². The molecule has 0 spiro atoms. The van der Waals surface area contributed by atoms with E-state index in [1.165, 1.54) is 31.2 Å². The highest BCUT2D eigenvalue weighted by atomic mass is 19.4. The minimum atomic E-state index is -5.08. The number of rotatable bonds is 55. The Balaban J connectivity index is 0.00000997. The molecule has 17 atom stereocenters. The van der Waals surface area contributed by atoms with Crippen molar-refractivity contribution in [1.82, 2.24) is 69.1 Å². The van der Waals surface area contributed by atoms with Crippen LogP contribution in [0.25, 0.3) is 0 Å². The number of aliphatic hydroxyl groups is 2. The third kappa shape index (κ3) is 40.7. The number of aromatic hydroxyl groups is 1. The van der Waals surface area contributed by atoms with Crippen molar-refractivity contribution < 1.29 is 130 Å². The summed E-state index contributed by atoms with van der Waals surface area (Å²) in [6, 6.07) is -6.17. The minimum Gasteiger partial charge on any atom is -0.508 e. The molecule has 0 aromatic heterocycles. The van der Waals surface area contributed by atoms with E-state index in [9.17, 15) is 115 Å². The molecule has 2 rings (SSSR count). The fraction of sp³-hybridized carbons (Fsp3) is 0.605. The first-order chi connectivity index (χ1) is 56.7. The highest BCUT2D eigenvalue weighted by Gasteiger charge is 2.41. The van der Waals surface area contributed by atoms with Gasteiger partial charge in [0.1, 0.15) is 78.3 Å². The van der Waals surface area contributed by atoms with Gasteiger partial charge in [-0.1, -0.05) is 103 Å². The lowest BCUT2D eigenvalue weighted by Gasteiger charge is -2.29. The quantitative estimate of drug-likeness (QED) is 0.0276. The molecule has 0 unspecified atom stereocenters. The second-order valence-corrected chi connectivity index (χ2v) is 28.9. The lowest BCUT2D eigenvalue weighted by molar-refractivity contribution is -0.192. The molecular weight excluding hydrogens is 1610 g/mol. The number of halogens is 3. The number of phenols is 1. The van der Waals surface area contributed by atoms with Gasteiger partial charge in [0.25, 0.3) is 0 Å². The van der Waals surface area contributed by atoms with Crippen molar-refractivity contribution in [2.75, 3.05) is 26.2 Å². The third-order valence-electron chi connectivity index (χ3n) is 19.1. The number of aliphatic hydroxyl groups excluding tert-OH is 2. The first-order valence-corrected chi connectivity index (χ1v) is 39.2. The molecule has 678 valence electrons. The number of primary amides is 2. The van der Waals surface area contributed by atoms with Crippen LogP contribution in [-0.2, 0) is 99.1 Å². The number of carbonyl (C=O) groups excluding carboxylic acids is 15. The molecule has 15 amide bonds. The van der Waals surface area contributed by atoms with Gasteiger partial charge in [-0.2, -0.15) is 13.2 Å². The van der Waals surface area contributed by atoms with Crippen LogP contribution in [-0.4, -0.2) is 254 Å². The Kier molecular flexibility index (Phi) is 48.9. The summed E-state index contributed by atoms with van der Waals surface area (Å²) >= 11 is 0. The summed E-state index contributed by atoms with van der Waals surface area (Å²) in [5.74, 6) is -22.5. The average molecular weight is 1730 g/mol. The summed E-state index contributed by atoms with van der Waals surface area (Å²) in [6.45, 7) is 10.6. The van der Waals surface area contributed by atoms with E-state index in [2.05, 4.69) is 69.1 Å². The van der Waals surface area contributed by atoms with Crippen molar-refractivity contribution in [3.05, 3.63) is 65.7 Å². The number of unbranched alkanes of at least 4 members (excludes halogenated alkanes) is 2. The van der Waals surface area contributed by atoms with Gasteiger partial charge >= 0.3 is 24.1 Å². The molecule has 0 saturated carbocycles. The number of aliphatic carboxylic acids is 3. The highest BCUT2D eigenvalue weighted by molar-refractivity contribution is 6.01. The molecular formula is C76H119F3N18O24. The first kappa shape index (κ1) is 107. The lowest BCUT2D eigenvalue weighted by atomic mass is 9.96. The SMILES string of the molecule is CC[C@H](C)[C@H](NC(=O)CNC(=O)[C@@H](NC(=O)[C@H](Cc1ccccc1)NC(=O)[C@H](CCCCN)NC(=O)[C@H](CO)NC(=O)[C@H](CC(N)=O)NC(=O)[C@H](C)NC(=O)[C@H](CCCCN)NC(=O)[C@@H](NC(=O)[C@H](Cc1ccc(O)cc1)NC(=O)[C@@H](N)CCC(N)=O)[C@@H](C)CC)[C@@H](C)CC)C(=O)N[C@H](C(=O)N[C@@H](CCC(=O)O)C(=O)O)[C@@H](C)O.O=C(O)C(F)(F)F. The number of hydrogen-bond acceptors (Lipinski definition) is 24. The summed E-state index contributed by atoms with van der Waals surface area (Å²) in [4.78, 5) is 238. The van der Waals surface area contributed by atoms with Crippen LogP contribution in [0.2, 0.25) is 0 Å². The molecule has 0 aliphatic carbocycles. The molecule has 121 heavy (non-hydrogen) atoms. The number of nitrogens with two attached hydrogens (primary N) is 5. The lowest BCUT2D eigenvalue weighted by Crippen LogP contribution is -2.61. The molecule has 45 heteroatoms. The molecule has 0 heterocycles. The predicted octanol–water partition coefficient (Wildman–Crippen LogP) is -5.05. The topological polar surface area (TPSA) is 715 Å². The van der Waals surface area contributed by atoms with Crippen molar-refractivity contribution in [3.8, 4) is 5.75 Å². The van der Waals surface area contributed by atoms with Gasteiger partial charge in [-0.05, 0) is 119 Å². The van der Waals surface area contributed by atoms with Gasteiger partial charge in [0.05, 0.1) is 31.7 Å². The fourth-order valence-corrected chi connectivity index (χ4v) is 11.3. The smallest absolute Gasteiger partial charge is 0.490 e. The molecule has 2 aromatic carbocycles. The van der Waals surface area contributed by atoms with Crippen LogP contribution in [0.5, 0.6) is 5.75 Å². The van der Waals surface area contributed by atoms with Crippen molar-refractivity contribution in [1.29, 1.82) is 0 Å². The summed E-state index contributed by atoms with van der Waals surface area (Å²) in [7, 11) is 0. The molecule has 0 fully saturated rings. The Morgan fingerprint density at radius 3 is 1.26 bits per heavy atom. The van der Waals surface area contributed by atoms with Crippen LogP contribution < -0.4 is 97.8 Å². The molecule has 0 saturated heterocycles. The summed E-state index contributed by atoms with van der Waals surface area (Å²) in [6.07, 6.45) is -7.81. The zero-order valence-corrected chi connectivity index (χ0v) is 68.7. The highest BCUT2D eigenvalue weighted by Crippen LogP contribution is 2.18. The monoisotopic (exact) mass is 1720 g/mol. The average Bonchev–Trinajstić information content (AvgIpc) is 0.839. The maximum atomic E-state index is 14.6. The largest absolute Gasteiger partial charge is 0.508 e. The van der Waals surface area contributed by atoms with E-state index in [-0.39, 0.29) is 83.0 Å². The molecule has 2 aromatic rings. The van der Waals surface area contributed by atoms with Crippen LogP contribution >= 0.6 is 0 Å². The molecule has 0 radical (unpaired) electrons. The number of benzene rings is 2. The predicted molar refractivity (Wildman–Crippen MR) is 425 cm³/mol. The van der Waals surface area contributed by atoms with E-state index < -0.39 is 248 Å². The summed E-state index contributed by atoms with van der Waals surface area (Å²) in [5, 5.41) is 88.7. The van der Waals surface area contributed by atoms with Crippen LogP contribution in [0.15, 0.2) is 54.6 Å². The Morgan fingerprint density at radius 1 is 0.421 bits per heavy atom. The van der Waals surface area contributed by atoms with Gasteiger partial charge in [-0.3, -0.25) is 76.7 Å². The van der Waals surface area contributed by atoms with Gasteiger partial charge < -0.3 is 128 Å².